The van der Waals surface area contributed by atoms with Gasteiger partial charge >= 0.3 is 5.97 Å². The van der Waals surface area contributed by atoms with Gasteiger partial charge in [-0.1, -0.05) is 0 Å². The van der Waals surface area contributed by atoms with Crippen LogP contribution in [0.1, 0.15) is 24.2 Å². The predicted molar refractivity (Wildman–Crippen MR) is 62.5 cm³/mol. The second-order valence-corrected chi connectivity index (χ2v) is 3.37. The van der Waals surface area contributed by atoms with E-state index in [-0.39, 0.29) is 17.9 Å². The summed E-state index contributed by atoms with van der Waals surface area (Å²) in [6.45, 7) is 3.57. The topological polar surface area (TPSA) is 85.3 Å². The van der Waals surface area contributed by atoms with Gasteiger partial charge in [-0.15, -0.1) is 0 Å². The number of esters is 1. The third-order valence-electron chi connectivity index (χ3n) is 1.99. The number of carbonyl (C=O) groups excluding carboxylic acids is 1. The SMILES string of the molecule is CCOC(=O)c1ccc(N)cc1OC(C)C#N. The molecule has 5 heteroatoms. The number of nitrogens with two attached hydrogens (primary N) is 1. The lowest BCUT2D eigenvalue weighted by molar-refractivity contribution is 0.0521. The fraction of sp³-hybridized carbons (Fsp3) is 0.333. The zero-order chi connectivity index (χ0) is 12.8. The number of anilines is 1. The van der Waals surface area contributed by atoms with Crippen molar-refractivity contribution in [2.75, 3.05) is 12.3 Å². The maximum atomic E-state index is 11.6. The fourth-order valence-corrected chi connectivity index (χ4v) is 1.23. The normalized spacial score (nSPS) is 11.4. The maximum Gasteiger partial charge on any atom is 0.341 e. The van der Waals surface area contributed by atoms with Crippen LogP contribution < -0.4 is 10.5 Å². The molecule has 1 aromatic rings. The number of nitrogens with zero attached hydrogens (tertiary/aromatic N) is 1. The molecule has 2 N–H and O–H groups in total. The molecule has 1 atom stereocenters. The van der Waals surface area contributed by atoms with Crippen LogP contribution in [0.15, 0.2) is 18.2 Å². The molecule has 0 saturated carbocycles. The second-order valence-electron chi connectivity index (χ2n) is 3.37. The highest BCUT2D eigenvalue weighted by Gasteiger charge is 2.15. The summed E-state index contributed by atoms with van der Waals surface area (Å²) in [7, 11) is 0. The first-order valence-corrected chi connectivity index (χ1v) is 5.21. The molecule has 0 heterocycles. The van der Waals surface area contributed by atoms with Gasteiger partial charge in [-0.25, -0.2) is 4.79 Å². The zero-order valence-corrected chi connectivity index (χ0v) is 9.77. The number of hydrogen-bond acceptors (Lipinski definition) is 5. The highest BCUT2D eigenvalue weighted by atomic mass is 16.5. The van der Waals surface area contributed by atoms with Crippen molar-refractivity contribution in [3.05, 3.63) is 23.8 Å². The summed E-state index contributed by atoms with van der Waals surface area (Å²) in [6.07, 6.45) is -0.662. The lowest BCUT2D eigenvalue weighted by Crippen LogP contribution is -2.13. The van der Waals surface area contributed by atoms with E-state index in [1.165, 1.54) is 12.1 Å². The molecule has 90 valence electrons. The maximum absolute atomic E-state index is 11.6. The summed E-state index contributed by atoms with van der Waals surface area (Å²) in [4.78, 5) is 11.6. The second kappa shape index (κ2) is 5.75. The van der Waals surface area contributed by atoms with Crippen LogP contribution >= 0.6 is 0 Å². The van der Waals surface area contributed by atoms with Gasteiger partial charge in [0.05, 0.1) is 6.61 Å². The van der Waals surface area contributed by atoms with Crippen LogP contribution in [0.5, 0.6) is 5.75 Å². The predicted octanol–water partition coefficient (Wildman–Crippen LogP) is 1.74. The molecular weight excluding hydrogens is 220 g/mol. The van der Waals surface area contributed by atoms with E-state index in [2.05, 4.69) is 0 Å². The number of nitriles is 1. The van der Waals surface area contributed by atoms with Crippen LogP contribution in [0.4, 0.5) is 5.69 Å². The Labute approximate surface area is 99.7 Å². The Morgan fingerprint density at radius 1 is 1.59 bits per heavy atom. The van der Waals surface area contributed by atoms with Crippen LogP contribution in [-0.2, 0) is 4.74 Å². The van der Waals surface area contributed by atoms with Gasteiger partial charge < -0.3 is 15.2 Å². The molecule has 0 radical (unpaired) electrons. The van der Waals surface area contributed by atoms with Crippen molar-refractivity contribution in [2.24, 2.45) is 0 Å². The summed E-state index contributed by atoms with van der Waals surface area (Å²) in [5.74, 6) is -0.231. The molecule has 0 aromatic heterocycles. The van der Waals surface area contributed by atoms with Crippen molar-refractivity contribution < 1.29 is 14.3 Å². The van der Waals surface area contributed by atoms with Gasteiger partial charge in [-0.3, -0.25) is 0 Å². The molecule has 1 rings (SSSR count). The zero-order valence-electron chi connectivity index (χ0n) is 9.77. The monoisotopic (exact) mass is 234 g/mol. The highest BCUT2D eigenvalue weighted by molar-refractivity contribution is 5.93. The van der Waals surface area contributed by atoms with Crippen molar-refractivity contribution in [3.63, 3.8) is 0 Å². The summed E-state index contributed by atoms with van der Waals surface area (Å²) in [6, 6.07) is 6.52. The number of nitrogen functional groups attached to an aromatic ring is 1. The first-order chi connectivity index (χ1) is 8.08. The van der Waals surface area contributed by atoms with E-state index in [0.29, 0.717) is 5.69 Å². The van der Waals surface area contributed by atoms with Crippen LogP contribution in [0, 0.1) is 11.3 Å². The minimum atomic E-state index is -0.662. The first kappa shape index (κ1) is 12.8. The minimum Gasteiger partial charge on any atom is -0.475 e. The molecule has 0 aliphatic heterocycles. The molecule has 0 amide bonds. The van der Waals surface area contributed by atoms with Crippen molar-refractivity contribution in [3.8, 4) is 11.8 Å². The summed E-state index contributed by atoms with van der Waals surface area (Å²) in [5.41, 5.74) is 6.33. The molecule has 0 saturated heterocycles. The number of hydrogen-bond donors (Lipinski definition) is 1. The molecule has 17 heavy (non-hydrogen) atoms. The van der Waals surface area contributed by atoms with Crippen LogP contribution in [0.3, 0.4) is 0 Å². The Hall–Kier alpha value is -2.22. The third-order valence-corrected chi connectivity index (χ3v) is 1.99. The Balaban J connectivity index is 3.04. The molecule has 0 spiro atoms. The summed E-state index contributed by atoms with van der Waals surface area (Å²) >= 11 is 0. The van der Waals surface area contributed by atoms with E-state index in [4.69, 9.17) is 20.5 Å². The molecule has 1 unspecified atom stereocenters. The van der Waals surface area contributed by atoms with E-state index < -0.39 is 12.1 Å². The average molecular weight is 234 g/mol. The van der Waals surface area contributed by atoms with Crippen LogP contribution in [0.2, 0.25) is 0 Å². The Morgan fingerprint density at radius 3 is 2.88 bits per heavy atom. The number of rotatable bonds is 4. The molecular formula is C12H14N2O3. The quantitative estimate of drug-likeness (QED) is 0.633. The van der Waals surface area contributed by atoms with Gasteiger partial charge in [0.1, 0.15) is 17.4 Å². The van der Waals surface area contributed by atoms with E-state index >= 15 is 0 Å². The lowest BCUT2D eigenvalue weighted by Gasteiger charge is -2.12. The van der Waals surface area contributed by atoms with E-state index in [0.717, 1.165) is 0 Å². The smallest absolute Gasteiger partial charge is 0.341 e. The molecule has 0 bridgehead atoms. The molecule has 5 nitrogen and oxygen atoms in total. The standard InChI is InChI=1S/C12H14N2O3/c1-3-16-12(15)10-5-4-9(14)6-11(10)17-8(2)7-13/h4-6,8H,3,14H2,1-2H3. The van der Waals surface area contributed by atoms with Gasteiger partial charge in [0, 0.05) is 11.8 Å². The first-order valence-electron chi connectivity index (χ1n) is 5.21. The largest absolute Gasteiger partial charge is 0.475 e. The fourth-order valence-electron chi connectivity index (χ4n) is 1.23. The molecule has 1 aromatic carbocycles. The van der Waals surface area contributed by atoms with E-state index in [1.54, 1.807) is 19.9 Å². The number of benzene rings is 1. The van der Waals surface area contributed by atoms with Gasteiger partial charge in [-0.2, -0.15) is 5.26 Å². The number of ether oxygens (including phenoxy) is 2. The Bertz CT molecular complexity index is 452. The lowest BCUT2D eigenvalue weighted by atomic mass is 10.2. The number of carbonyl (C=O) groups is 1. The van der Waals surface area contributed by atoms with Crippen LogP contribution in [0.25, 0.3) is 0 Å². The van der Waals surface area contributed by atoms with Gasteiger partial charge in [0.2, 0.25) is 0 Å². The Morgan fingerprint density at radius 2 is 2.29 bits per heavy atom. The van der Waals surface area contributed by atoms with E-state index in [9.17, 15) is 4.79 Å². The summed E-state index contributed by atoms with van der Waals surface area (Å²) < 4.78 is 10.2. The molecule has 0 aliphatic carbocycles. The van der Waals surface area contributed by atoms with Crippen molar-refractivity contribution in [1.29, 1.82) is 5.26 Å². The van der Waals surface area contributed by atoms with Crippen molar-refractivity contribution in [1.82, 2.24) is 0 Å². The summed E-state index contributed by atoms with van der Waals surface area (Å²) in [5, 5.41) is 8.68. The van der Waals surface area contributed by atoms with Crippen molar-refractivity contribution >= 4 is 11.7 Å². The molecule has 0 aliphatic rings. The Kier molecular flexibility index (Phi) is 4.35. The minimum absolute atomic E-state index is 0.262. The van der Waals surface area contributed by atoms with Crippen LogP contribution in [-0.4, -0.2) is 18.7 Å². The molecule has 0 fully saturated rings. The average Bonchev–Trinajstić information content (AvgIpc) is 2.29. The van der Waals surface area contributed by atoms with E-state index in [1.807, 2.05) is 6.07 Å². The van der Waals surface area contributed by atoms with Crippen molar-refractivity contribution in [2.45, 2.75) is 20.0 Å². The van der Waals surface area contributed by atoms with Gasteiger partial charge in [0.25, 0.3) is 0 Å². The third kappa shape index (κ3) is 3.38. The highest BCUT2D eigenvalue weighted by Crippen LogP contribution is 2.23. The van der Waals surface area contributed by atoms with Gasteiger partial charge in [-0.05, 0) is 26.0 Å². The van der Waals surface area contributed by atoms with Gasteiger partial charge in [0.15, 0.2) is 6.10 Å².